The Hall–Kier alpha value is -2.27. The van der Waals surface area contributed by atoms with Gasteiger partial charge in [0.2, 0.25) is 0 Å². The molecule has 2 heterocycles. The number of benzene rings is 1. The minimum Gasteiger partial charge on any atom is -0.480 e. The fourth-order valence-electron chi connectivity index (χ4n) is 2.72. The quantitative estimate of drug-likeness (QED) is 0.940. The first-order valence-electron chi connectivity index (χ1n) is 6.77. The highest BCUT2D eigenvalue weighted by atomic mass is 19.1. The fraction of sp³-hybridized carbons (Fsp3) is 0.250. The van der Waals surface area contributed by atoms with Crippen molar-refractivity contribution in [2.75, 3.05) is 0 Å². The lowest BCUT2D eigenvalue weighted by molar-refractivity contribution is -0.144. The van der Waals surface area contributed by atoms with Crippen LogP contribution in [0.4, 0.5) is 4.39 Å². The van der Waals surface area contributed by atoms with E-state index in [9.17, 15) is 14.3 Å². The van der Waals surface area contributed by atoms with Crippen LogP contribution < -0.4 is 0 Å². The molecule has 0 saturated carbocycles. The van der Waals surface area contributed by atoms with Crippen molar-refractivity contribution in [2.24, 2.45) is 0 Å². The molecule has 0 amide bonds. The van der Waals surface area contributed by atoms with Gasteiger partial charge in [0.15, 0.2) is 0 Å². The zero-order valence-corrected chi connectivity index (χ0v) is 11.4. The lowest BCUT2D eigenvalue weighted by Gasteiger charge is -2.34. The van der Waals surface area contributed by atoms with E-state index in [1.165, 1.54) is 12.1 Å². The minimum atomic E-state index is -0.860. The largest absolute Gasteiger partial charge is 0.480 e. The van der Waals surface area contributed by atoms with Gasteiger partial charge >= 0.3 is 5.97 Å². The summed E-state index contributed by atoms with van der Waals surface area (Å²) in [5, 5.41) is 9.43. The van der Waals surface area contributed by atoms with E-state index in [0.29, 0.717) is 19.5 Å². The van der Waals surface area contributed by atoms with Gasteiger partial charge in [-0.1, -0.05) is 12.1 Å². The van der Waals surface area contributed by atoms with Crippen LogP contribution in [0.1, 0.15) is 16.8 Å². The molecule has 4 nitrogen and oxygen atoms in total. The molecule has 1 N–H and O–H groups in total. The molecular weight excluding hydrogens is 271 g/mol. The van der Waals surface area contributed by atoms with Crippen molar-refractivity contribution in [1.82, 2.24) is 9.88 Å². The molecule has 21 heavy (non-hydrogen) atoms. The molecule has 0 radical (unpaired) electrons. The molecule has 0 spiro atoms. The summed E-state index contributed by atoms with van der Waals surface area (Å²) in [6, 6.07) is 9.49. The number of carbonyl (C=O) groups is 1. The Morgan fingerprint density at radius 1 is 1.33 bits per heavy atom. The molecule has 0 aliphatic carbocycles. The molecule has 108 valence electrons. The Balaban J connectivity index is 1.89. The average Bonchev–Trinajstić information content (AvgIpc) is 2.47. The van der Waals surface area contributed by atoms with E-state index in [1.54, 1.807) is 12.3 Å². The van der Waals surface area contributed by atoms with Gasteiger partial charge < -0.3 is 5.11 Å². The molecule has 0 unspecified atom stereocenters. The van der Waals surface area contributed by atoms with Crippen LogP contribution in [0.5, 0.6) is 0 Å². The first-order valence-corrected chi connectivity index (χ1v) is 6.77. The SMILES string of the molecule is O=C(O)[C@H]1Cc2ccc(F)cc2CN1Cc1ccccn1. The van der Waals surface area contributed by atoms with Crippen molar-refractivity contribution in [2.45, 2.75) is 25.6 Å². The van der Waals surface area contributed by atoms with E-state index >= 15 is 0 Å². The third-order valence-electron chi connectivity index (χ3n) is 3.77. The number of aliphatic carboxylic acids is 1. The number of aromatic nitrogens is 1. The first-order chi connectivity index (χ1) is 10.1. The molecule has 5 heteroatoms. The number of nitrogens with zero attached hydrogens (tertiary/aromatic N) is 2. The molecule has 3 rings (SSSR count). The summed E-state index contributed by atoms with van der Waals surface area (Å²) in [7, 11) is 0. The Labute approximate surface area is 121 Å². The molecule has 0 saturated heterocycles. The van der Waals surface area contributed by atoms with Crippen LogP contribution in [-0.2, 0) is 24.3 Å². The van der Waals surface area contributed by atoms with Gasteiger partial charge in [-0.25, -0.2) is 4.39 Å². The summed E-state index contributed by atoms with van der Waals surface area (Å²) < 4.78 is 13.4. The zero-order chi connectivity index (χ0) is 14.8. The van der Waals surface area contributed by atoms with Crippen molar-refractivity contribution in [3.8, 4) is 0 Å². The van der Waals surface area contributed by atoms with Crippen molar-refractivity contribution in [3.05, 3.63) is 65.2 Å². The van der Waals surface area contributed by atoms with E-state index in [-0.39, 0.29) is 5.82 Å². The summed E-state index contributed by atoms with van der Waals surface area (Å²) in [5.74, 6) is -1.15. The number of rotatable bonds is 3. The number of hydrogen-bond donors (Lipinski definition) is 1. The second-order valence-corrected chi connectivity index (χ2v) is 5.20. The van der Waals surface area contributed by atoms with Crippen LogP contribution in [0.3, 0.4) is 0 Å². The Kier molecular flexibility index (Phi) is 3.66. The van der Waals surface area contributed by atoms with E-state index in [4.69, 9.17) is 0 Å². The van der Waals surface area contributed by atoms with Crippen molar-refractivity contribution < 1.29 is 14.3 Å². The topological polar surface area (TPSA) is 53.4 Å². The maximum atomic E-state index is 13.4. The van der Waals surface area contributed by atoms with Crippen LogP contribution in [0.15, 0.2) is 42.6 Å². The van der Waals surface area contributed by atoms with Gasteiger partial charge in [0.25, 0.3) is 0 Å². The first kappa shape index (κ1) is 13.7. The highest BCUT2D eigenvalue weighted by Crippen LogP contribution is 2.25. The maximum absolute atomic E-state index is 13.4. The summed E-state index contributed by atoms with van der Waals surface area (Å²) in [6.45, 7) is 0.856. The summed E-state index contributed by atoms with van der Waals surface area (Å²) >= 11 is 0. The van der Waals surface area contributed by atoms with Crippen molar-refractivity contribution in [3.63, 3.8) is 0 Å². The standard InChI is InChI=1S/C16H15FN2O2/c17-13-5-4-11-8-15(16(20)21)19(9-12(11)7-13)10-14-3-1-2-6-18-14/h1-7,15H,8-10H2,(H,20,21)/t15-/m1/s1. The molecule has 1 aliphatic heterocycles. The smallest absolute Gasteiger partial charge is 0.321 e. The van der Waals surface area contributed by atoms with E-state index in [1.807, 2.05) is 23.1 Å². The number of halogens is 1. The third kappa shape index (κ3) is 2.92. The summed E-state index contributed by atoms with van der Waals surface area (Å²) in [4.78, 5) is 17.6. The van der Waals surface area contributed by atoms with E-state index in [0.717, 1.165) is 16.8 Å². The van der Waals surface area contributed by atoms with Crippen LogP contribution in [0.2, 0.25) is 0 Å². The average molecular weight is 286 g/mol. The third-order valence-corrected chi connectivity index (χ3v) is 3.77. The van der Waals surface area contributed by atoms with Crippen LogP contribution in [0, 0.1) is 5.82 Å². The van der Waals surface area contributed by atoms with Crippen molar-refractivity contribution in [1.29, 1.82) is 0 Å². The summed E-state index contributed by atoms with van der Waals surface area (Å²) in [5.41, 5.74) is 2.56. The molecule has 1 aromatic heterocycles. The van der Waals surface area contributed by atoms with Crippen LogP contribution in [-0.4, -0.2) is 27.0 Å². The summed E-state index contributed by atoms with van der Waals surface area (Å²) in [6.07, 6.45) is 2.07. The van der Waals surface area contributed by atoms with Gasteiger partial charge in [-0.3, -0.25) is 14.7 Å². The fourth-order valence-corrected chi connectivity index (χ4v) is 2.72. The van der Waals surface area contributed by atoms with Crippen LogP contribution >= 0.6 is 0 Å². The Morgan fingerprint density at radius 2 is 2.19 bits per heavy atom. The molecule has 1 atom stereocenters. The number of carboxylic acid groups (broad SMARTS) is 1. The predicted octanol–water partition coefficient (Wildman–Crippen LogP) is 2.23. The maximum Gasteiger partial charge on any atom is 0.321 e. The molecule has 0 fully saturated rings. The molecular formula is C16H15FN2O2. The molecule has 1 aliphatic rings. The number of pyridine rings is 1. The number of hydrogen-bond acceptors (Lipinski definition) is 3. The van der Waals surface area contributed by atoms with Gasteiger partial charge in [0.05, 0.1) is 5.69 Å². The monoisotopic (exact) mass is 286 g/mol. The molecule has 0 bridgehead atoms. The van der Waals surface area contributed by atoms with Gasteiger partial charge in [0, 0.05) is 19.3 Å². The second kappa shape index (κ2) is 5.61. The highest BCUT2D eigenvalue weighted by molar-refractivity contribution is 5.74. The van der Waals surface area contributed by atoms with Crippen LogP contribution in [0.25, 0.3) is 0 Å². The lowest BCUT2D eigenvalue weighted by Crippen LogP contribution is -2.45. The highest BCUT2D eigenvalue weighted by Gasteiger charge is 2.31. The second-order valence-electron chi connectivity index (χ2n) is 5.20. The van der Waals surface area contributed by atoms with Gasteiger partial charge in [-0.15, -0.1) is 0 Å². The number of fused-ring (bicyclic) bond motifs is 1. The minimum absolute atomic E-state index is 0.291. The normalized spacial score (nSPS) is 18.2. The Morgan fingerprint density at radius 3 is 2.90 bits per heavy atom. The van der Waals surface area contributed by atoms with Gasteiger partial charge in [-0.2, -0.15) is 0 Å². The lowest BCUT2D eigenvalue weighted by atomic mass is 9.93. The Bertz CT molecular complexity index is 661. The van der Waals surface area contributed by atoms with E-state index in [2.05, 4.69) is 4.98 Å². The van der Waals surface area contributed by atoms with Gasteiger partial charge in [0.1, 0.15) is 11.9 Å². The van der Waals surface area contributed by atoms with E-state index < -0.39 is 12.0 Å². The zero-order valence-electron chi connectivity index (χ0n) is 11.4. The predicted molar refractivity (Wildman–Crippen MR) is 75.0 cm³/mol. The molecule has 1 aromatic carbocycles. The van der Waals surface area contributed by atoms with Gasteiger partial charge in [-0.05, 0) is 41.8 Å². The molecule has 2 aromatic rings. The number of carboxylic acids is 1. The van der Waals surface area contributed by atoms with Crippen molar-refractivity contribution >= 4 is 5.97 Å².